The normalized spacial score (nSPS) is 18.3. The van der Waals surface area contributed by atoms with E-state index >= 15 is 0 Å². The lowest BCUT2D eigenvalue weighted by atomic mass is 10.1. The van der Waals surface area contributed by atoms with Gasteiger partial charge in [0.1, 0.15) is 18.2 Å². The molecule has 0 bridgehead atoms. The Morgan fingerprint density at radius 1 is 1.20 bits per heavy atom. The molecule has 1 saturated heterocycles. The van der Waals surface area contributed by atoms with Gasteiger partial charge in [-0.05, 0) is 12.8 Å². The largest absolute Gasteiger partial charge is 0.480 e. The first-order valence-electron chi connectivity index (χ1n) is 7.02. The monoisotopic (exact) mass is 278 g/mol. The number of carbonyl (C=O) groups is 1. The molecule has 1 aliphatic heterocycles. The Balaban J connectivity index is 2.00. The summed E-state index contributed by atoms with van der Waals surface area (Å²) in [4.78, 5) is 23.8. The van der Waals surface area contributed by atoms with Crippen LogP contribution in [0.4, 0.5) is 5.82 Å². The average molecular weight is 278 g/mol. The lowest BCUT2D eigenvalue weighted by molar-refractivity contribution is -0.142. The molecule has 0 amide bonds. The minimum atomic E-state index is -0.761. The van der Waals surface area contributed by atoms with E-state index in [1.54, 1.807) is 13.3 Å². The second kappa shape index (κ2) is 6.17. The van der Waals surface area contributed by atoms with Gasteiger partial charge in [-0.1, -0.05) is 13.8 Å². The lowest BCUT2D eigenvalue weighted by Crippen LogP contribution is -2.52. The van der Waals surface area contributed by atoms with E-state index in [0.29, 0.717) is 5.92 Å². The minimum absolute atomic E-state index is 0.380. The molecule has 1 fully saturated rings. The zero-order valence-electron chi connectivity index (χ0n) is 12.3. The molecule has 0 aliphatic carbocycles. The number of aliphatic carboxylic acids is 1. The van der Waals surface area contributed by atoms with Gasteiger partial charge in [0.15, 0.2) is 0 Å². The molecule has 1 aromatic heterocycles. The zero-order chi connectivity index (χ0) is 14.7. The van der Waals surface area contributed by atoms with E-state index in [0.717, 1.165) is 37.7 Å². The highest BCUT2D eigenvalue weighted by molar-refractivity contribution is 5.72. The minimum Gasteiger partial charge on any atom is -0.480 e. The summed E-state index contributed by atoms with van der Waals surface area (Å²) in [6.07, 6.45) is 1.61. The van der Waals surface area contributed by atoms with Crippen molar-refractivity contribution in [2.45, 2.75) is 32.7 Å². The summed E-state index contributed by atoms with van der Waals surface area (Å²) in [5, 5.41) is 9.04. The molecular weight excluding hydrogens is 256 g/mol. The van der Waals surface area contributed by atoms with E-state index in [1.165, 1.54) is 0 Å². The Morgan fingerprint density at radius 3 is 2.40 bits per heavy atom. The van der Waals surface area contributed by atoms with Gasteiger partial charge in [0.25, 0.3) is 0 Å². The van der Waals surface area contributed by atoms with Gasteiger partial charge in [-0.15, -0.1) is 0 Å². The maximum atomic E-state index is 11.0. The molecule has 1 N–H and O–H groups in total. The standard InChI is InChI=1S/C14H22N4O2/c1-10(2)12-8-13(16-9-15-12)18-6-4-17(5-7-18)11(3)14(19)20/h8-11H,4-7H2,1-3H3,(H,19,20). The summed E-state index contributed by atoms with van der Waals surface area (Å²) in [6.45, 7) is 9.04. The highest BCUT2D eigenvalue weighted by Gasteiger charge is 2.25. The summed E-state index contributed by atoms with van der Waals surface area (Å²) in [6, 6.07) is 1.61. The second-order valence-corrected chi connectivity index (χ2v) is 5.49. The molecular formula is C14H22N4O2. The van der Waals surface area contributed by atoms with Crippen molar-refractivity contribution in [2.75, 3.05) is 31.1 Å². The van der Waals surface area contributed by atoms with E-state index < -0.39 is 12.0 Å². The van der Waals surface area contributed by atoms with Crippen LogP contribution in [0.5, 0.6) is 0 Å². The van der Waals surface area contributed by atoms with E-state index in [2.05, 4.69) is 28.7 Å². The van der Waals surface area contributed by atoms with Gasteiger partial charge in [0.05, 0.1) is 0 Å². The van der Waals surface area contributed by atoms with E-state index in [-0.39, 0.29) is 0 Å². The fraction of sp³-hybridized carbons (Fsp3) is 0.643. The molecule has 1 unspecified atom stereocenters. The summed E-state index contributed by atoms with van der Waals surface area (Å²) in [7, 11) is 0. The van der Waals surface area contributed by atoms with Crippen LogP contribution in [0.1, 0.15) is 32.4 Å². The summed E-state index contributed by atoms with van der Waals surface area (Å²) in [5.41, 5.74) is 1.04. The zero-order valence-corrected chi connectivity index (χ0v) is 12.3. The molecule has 1 atom stereocenters. The number of anilines is 1. The molecule has 20 heavy (non-hydrogen) atoms. The van der Waals surface area contributed by atoms with Gasteiger partial charge < -0.3 is 10.0 Å². The molecule has 6 heteroatoms. The van der Waals surface area contributed by atoms with Crippen molar-refractivity contribution in [3.8, 4) is 0 Å². The first-order valence-corrected chi connectivity index (χ1v) is 7.02. The van der Waals surface area contributed by atoms with Crippen molar-refractivity contribution >= 4 is 11.8 Å². The molecule has 6 nitrogen and oxygen atoms in total. The molecule has 0 aromatic carbocycles. The van der Waals surface area contributed by atoms with Crippen LogP contribution in [-0.4, -0.2) is 58.2 Å². The smallest absolute Gasteiger partial charge is 0.320 e. The number of aromatic nitrogens is 2. The van der Waals surface area contributed by atoms with Crippen molar-refractivity contribution in [2.24, 2.45) is 0 Å². The summed E-state index contributed by atoms with van der Waals surface area (Å²) in [5.74, 6) is 0.555. The van der Waals surface area contributed by atoms with Crippen molar-refractivity contribution in [3.63, 3.8) is 0 Å². The van der Waals surface area contributed by atoms with Crippen LogP contribution in [0.25, 0.3) is 0 Å². The van der Waals surface area contributed by atoms with Gasteiger partial charge in [-0.3, -0.25) is 9.69 Å². The first-order chi connectivity index (χ1) is 9.49. The van der Waals surface area contributed by atoms with E-state index in [9.17, 15) is 4.79 Å². The van der Waals surface area contributed by atoms with Crippen molar-refractivity contribution < 1.29 is 9.90 Å². The Bertz CT molecular complexity index is 470. The van der Waals surface area contributed by atoms with Crippen LogP contribution in [0.2, 0.25) is 0 Å². The Hall–Kier alpha value is -1.69. The van der Waals surface area contributed by atoms with E-state index in [1.807, 2.05) is 11.0 Å². The molecule has 0 radical (unpaired) electrons. The molecule has 0 saturated carbocycles. The highest BCUT2D eigenvalue weighted by Crippen LogP contribution is 2.18. The van der Waals surface area contributed by atoms with Crippen molar-refractivity contribution in [1.82, 2.24) is 14.9 Å². The second-order valence-electron chi connectivity index (χ2n) is 5.49. The van der Waals surface area contributed by atoms with Crippen LogP contribution in [-0.2, 0) is 4.79 Å². The van der Waals surface area contributed by atoms with Gasteiger partial charge in [0.2, 0.25) is 0 Å². The Kier molecular flexibility index (Phi) is 4.54. The maximum absolute atomic E-state index is 11.0. The molecule has 0 spiro atoms. The maximum Gasteiger partial charge on any atom is 0.320 e. The Morgan fingerprint density at radius 2 is 1.85 bits per heavy atom. The SMILES string of the molecule is CC(C)c1cc(N2CCN(C(C)C(=O)O)CC2)ncn1. The fourth-order valence-corrected chi connectivity index (χ4v) is 2.34. The number of hydrogen-bond acceptors (Lipinski definition) is 5. The number of carboxylic acid groups (broad SMARTS) is 1. The number of nitrogens with zero attached hydrogens (tertiary/aromatic N) is 4. The summed E-state index contributed by atoms with van der Waals surface area (Å²) >= 11 is 0. The number of rotatable bonds is 4. The molecule has 110 valence electrons. The molecule has 1 aliphatic rings. The fourth-order valence-electron chi connectivity index (χ4n) is 2.34. The third kappa shape index (κ3) is 3.25. The van der Waals surface area contributed by atoms with Crippen molar-refractivity contribution in [3.05, 3.63) is 18.1 Å². The third-order valence-electron chi connectivity index (χ3n) is 3.81. The van der Waals surface area contributed by atoms with Crippen LogP contribution in [0.3, 0.4) is 0 Å². The lowest BCUT2D eigenvalue weighted by Gasteiger charge is -2.37. The third-order valence-corrected chi connectivity index (χ3v) is 3.81. The van der Waals surface area contributed by atoms with Gasteiger partial charge in [-0.2, -0.15) is 0 Å². The molecule has 1 aromatic rings. The highest BCUT2D eigenvalue weighted by atomic mass is 16.4. The summed E-state index contributed by atoms with van der Waals surface area (Å²) < 4.78 is 0. The number of hydrogen-bond donors (Lipinski definition) is 1. The van der Waals surface area contributed by atoms with Gasteiger partial charge in [0, 0.05) is 37.9 Å². The van der Waals surface area contributed by atoms with Gasteiger partial charge >= 0.3 is 5.97 Å². The predicted molar refractivity (Wildman–Crippen MR) is 77.0 cm³/mol. The Labute approximate surface area is 119 Å². The predicted octanol–water partition coefficient (Wildman–Crippen LogP) is 1.20. The van der Waals surface area contributed by atoms with Crippen LogP contribution < -0.4 is 4.90 Å². The molecule has 2 rings (SSSR count). The van der Waals surface area contributed by atoms with E-state index in [4.69, 9.17) is 5.11 Å². The van der Waals surface area contributed by atoms with Crippen LogP contribution in [0.15, 0.2) is 12.4 Å². The first kappa shape index (κ1) is 14.7. The van der Waals surface area contributed by atoms with Crippen molar-refractivity contribution in [1.29, 1.82) is 0 Å². The topological polar surface area (TPSA) is 69.6 Å². The molecule has 2 heterocycles. The van der Waals surface area contributed by atoms with Crippen LogP contribution in [0, 0.1) is 0 Å². The van der Waals surface area contributed by atoms with Gasteiger partial charge in [-0.25, -0.2) is 9.97 Å². The average Bonchev–Trinajstić information content (AvgIpc) is 2.46. The number of piperazine rings is 1. The number of carboxylic acids is 1. The quantitative estimate of drug-likeness (QED) is 0.892. The van der Waals surface area contributed by atoms with Crippen LogP contribution >= 0.6 is 0 Å².